The lowest BCUT2D eigenvalue weighted by Crippen LogP contribution is -2.05. The maximum atomic E-state index is 11.4. The van der Waals surface area contributed by atoms with Crippen molar-refractivity contribution in [3.63, 3.8) is 0 Å². The second kappa shape index (κ2) is 5.58. The van der Waals surface area contributed by atoms with E-state index in [1.165, 1.54) is 6.07 Å². The van der Waals surface area contributed by atoms with Gasteiger partial charge in [-0.15, -0.1) is 0 Å². The molecule has 0 heterocycles. The van der Waals surface area contributed by atoms with Gasteiger partial charge in [0.05, 0.1) is 5.41 Å². The van der Waals surface area contributed by atoms with Gasteiger partial charge in [-0.05, 0) is 24.3 Å². The van der Waals surface area contributed by atoms with E-state index in [1.54, 1.807) is 30.3 Å². The molecule has 2 aromatic rings. The fraction of sp³-hybridized carbons (Fsp3) is 0. The molecule has 0 unspecified atom stereocenters. The summed E-state index contributed by atoms with van der Waals surface area (Å²) >= 11 is 0. The van der Waals surface area contributed by atoms with Crippen LogP contribution < -0.4 is 8.92 Å². The van der Waals surface area contributed by atoms with Gasteiger partial charge in [-0.25, -0.2) is 0 Å². The molecule has 0 aromatic heterocycles. The van der Waals surface area contributed by atoms with Crippen LogP contribution in [0, 0.1) is 0 Å². The summed E-state index contributed by atoms with van der Waals surface area (Å²) in [4.78, 5) is 0. The zero-order valence-electron chi connectivity index (χ0n) is 10.0. The highest BCUT2D eigenvalue weighted by Gasteiger charge is 2.12. The van der Waals surface area contributed by atoms with E-state index in [0.717, 1.165) is 5.41 Å². The fourth-order valence-electron chi connectivity index (χ4n) is 1.38. The monoisotopic (exact) mass is 276 g/mol. The molecule has 0 fully saturated rings. The third-order valence-electron chi connectivity index (χ3n) is 2.23. The molecule has 98 valence electrons. The van der Waals surface area contributed by atoms with Crippen molar-refractivity contribution in [1.82, 2.24) is 0 Å². The Balaban J connectivity index is 2.29. The number of benzene rings is 2. The van der Waals surface area contributed by atoms with Crippen LogP contribution in [0.5, 0.6) is 17.2 Å². The summed E-state index contributed by atoms with van der Waals surface area (Å²) in [6.45, 7) is 3.19. The molecule has 0 radical (unpaired) electrons. The molecule has 0 atom stereocenters. The second-order valence-corrected chi connectivity index (χ2v) is 5.09. The van der Waals surface area contributed by atoms with E-state index in [2.05, 4.69) is 6.58 Å². The fourth-order valence-corrected chi connectivity index (χ4v) is 1.83. The van der Waals surface area contributed by atoms with Crippen molar-refractivity contribution in [2.24, 2.45) is 0 Å². The van der Waals surface area contributed by atoms with E-state index in [9.17, 15) is 8.42 Å². The zero-order chi connectivity index (χ0) is 13.7. The molecule has 19 heavy (non-hydrogen) atoms. The van der Waals surface area contributed by atoms with Crippen molar-refractivity contribution >= 4 is 10.1 Å². The molecular formula is C14H12O4S. The minimum Gasteiger partial charge on any atom is -0.453 e. The van der Waals surface area contributed by atoms with Crippen LogP contribution in [0.2, 0.25) is 0 Å². The van der Waals surface area contributed by atoms with Gasteiger partial charge in [0, 0.05) is 0 Å². The van der Waals surface area contributed by atoms with Crippen molar-refractivity contribution in [1.29, 1.82) is 0 Å². The van der Waals surface area contributed by atoms with Crippen LogP contribution >= 0.6 is 0 Å². The molecule has 4 nitrogen and oxygen atoms in total. The lowest BCUT2D eigenvalue weighted by molar-refractivity contribution is 0.439. The van der Waals surface area contributed by atoms with E-state index in [1.807, 2.05) is 18.2 Å². The molecule has 2 aromatic carbocycles. The third-order valence-corrected chi connectivity index (χ3v) is 3.05. The van der Waals surface area contributed by atoms with Gasteiger partial charge in [0.25, 0.3) is 0 Å². The normalized spacial score (nSPS) is 10.7. The van der Waals surface area contributed by atoms with Crippen LogP contribution in [-0.2, 0) is 10.1 Å². The van der Waals surface area contributed by atoms with Gasteiger partial charge in [-0.2, -0.15) is 8.42 Å². The molecule has 0 bridgehead atoms. The van der Waals surface area contributed by atoms with Crippen LogP contribution in [-0.4, -0.2) is 8.42 Å². The van der Waals surface area contributed by atoms with E-state index < -0.39 is 10.1 Å². The maximum Gasteiger partial charge on any atom is 0.331 e. The lowest BCUT2D eigenvalue weighted by Gasteiger charge is -2.10. The van der Waals surface area contributed by atoms with Gasteiger partial charge >= 0.3 is 10.1 Å². The molecular weight excluding hydrogens is 264 g/mol. The minimum absolute atomic E-state index is 0.117. The van der Waals surface area contributed by atoms with E-state index >= 15 is 0 Å². The molecule has 0 amide bonds. The first kappa shape index (κ1) is 13.2. The third kappa shape index (κ3) is 3.59. The number of hydrogen-bond acceptors (Lipinski definition) is 4. The Morgan fingerprint density at radius 2 is 1.47 bits per heavy atom. The molecule has 0 saturated heterocycles. The highest BCUT2D eigenvalue weighted by atomic mass is 32.2. The van der Waals surface area contributed by atoms with E-state index in [0.29, 0.717) is 11.5 Å². The summed E-state index contributed by atoms with van der Waals surface area (Å²) in [5.41, 5.74) is 0. The summed E-state index contributed by atoms with van der Waals surface area (Å²) in [6, 6.07) is 15.5. The Morgan fingerprint density at radius 3 is 2.11 bits per heavy atom. The SMILES string of the molecule is C=CS(=O)(=O)Oc1ccccc1Oc1ccccc1. The standard InChI is InChI=1S/C14H12O4S/c1-2-19(15,16)18-14-11-7-6-10-13(14)17-12-8-4-3-5-9-12/h2-11H,1H2. The molecule has 2 rings (SSSR count). The Hall–Kier alpha value is -2.27. The van der Waals surface area contributed by atoms with Crippen molar-refractivity contribution in [2.45, 2.75) is 0 Å². The minimum atomic E-state index is -3.80. The molecule has 0 spiro atoms. The van der Waals surface area contributed by atoms with Gasteiger partial charge in [0.2, 0.25) is 0 Å². The average molecular weight is 276 g/mol. The summed E-state index contributed by atoms with van der Waals surface area (Å²) in [7, 11) is -3.80. The first-order chi connectivity index (χ1) is 9.11. The second-order valence-electron chi connectivity index (χ2n) is 3.60. The Bertz CT molecular complexity index is 663. The largest absolute Gasteiger partial charge is 0.453 e. The number of rotatable bonds is 5. The first-order valence-corrected chi connectivity index (χ1v) is 6.97. The first-order valence-electron chi connectivity index (χ1n) is 5.49. The predicted octanol–water partition coefficient (Wildman–Crippen LogP) is 3.33. The lowest BCUT2D eigenvalue weighted by atomic mass is 10.3. The highest BCUT2D eigenvalue weighted by molar-refractivity contribution is 7.90. The van der Waals surface area contributed by atoms with Gasteiger partial charge < -0.3 is 8.92 Å². The summed E-state index contributed by atoms with van der Waals surface area (Å²) in [6.07, 6.45) is 0. The summed E-state index contributed by atoms with van der Waals surface area (Å²) in [5, 5.41) is 0.742. The molecule has 0 aliphatic heterocycles. The van der Waals surface area contributed by atoms with Crippen molar-refractivity contribution in [2.75, 3.05) is 0 Å². The predicted molar refractivity (Wildman–Crippen MR) is 72.7 cm³/mol. The van der Waals surface area contributed by atoms with Crippen LogP contribution in [0.1, 0.15) is 0 Å². The Kier molecular flexibility index (Phi) is 3.87. The Labute approximate surface area is 112 Å². The van der Waals surface area contributed by atoms with Gasteiger partial charge in [-0.1, -0.05) is 36.9 Å². The number of ether oxygens (including phenoxy) is 1. The van der Waals surface area contributed by atoms with Crippen molar-refractivity contribution in [3.05, 3.63) is 66.6 Å². The topological polar surface area (TPSA) is 52.6 Å². The average Bonchev–Trinajstić information content (AvgIpc) is 2.42. The van der Waals surface area contributed by atoms with Crippen molar-refractivity contribution < 1.29 is 17.3 Å². The highest BCUT2D eigenvalue weighted by Crippen LogP contribution is 2.32. The zero-order valence-corrected chi connectivity index (χ0v) is 10.8. The van der Waals surface area contributed by atoms with Gasteiger partial charge in [-0.3, -0.25) is 0 Å². The summed E-state index contributed by atoms with van der Waals surface area (Å²) < 4.78 is 33.2. The molecule has 0 N–H and O–H groups in total. The quantitative estimate of drug-likeness (QED) is 0.786. The van der Waals surface area contributed by atoms with Gasteiger partial charge in [0.15, 0.2) is 11.5 Å². The smallest absolute Gasteiger partial charge is 0.331 e. The van der Waals surface area contributed by atoms with E-state index in [4.69, 9.17) is 8.92 Å². The van der Waals surface area contributed by atoms with Crippen LogP contribution in [0.15, 0.2) is 66.6 Å². The van der Waals surface area contributed by atoms with E-state index in [-0.39, 0.29) is 5.75 Å². The van der Waals surface area contributed by atoms with Gasteiger partial charge in [0.1, 0.15) is 5.75 Å². The van der Waals surface area contributed by atoms with Crippen molar-refractivity contribution in [3.8, 4) is 17.2 Å². The number of para-hydroxylation sites is 3. The summed E-state index contributed by atoms with van der Waals surface area (Å²) in [5.74, 6) is 1.03. The molecule has 0 aliphatic carbocycles. The van der Waals surface area contributed by atoms with Crippen LogP contribution in [0.25, 0.3) is 0 Å². The maximum absolute atomic E-state index is 11.4. The van der Waals surface area contributed by atoms with Crippen LogP contribution in [0.3, 0.4) is 0 Å². The molecule has 0 saturated carbocycles. The number of hydrogen-bond donors (Lipinski definition) is 0. The Morgan fingerprint density at radius 1 is 0.895 bits per heavy atom. The molecule has 5 heteroatoms. The van der Waals surface area contributed by atoms with Crippen LogP contribution in [0.4, 0.5) is 0 Å². The molecule has 0 aliphatic rings.